The number of halogens is 2. The number of nitrogens with zero attached hydrogens (tertiary/aromatic N) is 2. The molecule has 94 valence electrons. The highest BCUT2D eigenvalue weighted by molar-refractivity contribution is 6.18. The third-order valence-corrected chi connectivity index (χ3v) is 2.83. The molecule has 0 aliphatic carbocycles. The maximum Gasteiger partial charge on any atom is 0.269 e. The summed E-state index contributed by atoms with van der Waals surface area (Å²) in [6.45, 7) is 0.689. The molecule has 0 N–H and O–H groups in total. The first-order valence-corrected chi connectivity index (χ1v) is 6.27. The van der Waals surface area contributed by atoms with E-state index in [0.29, 0.717) is 24.7 Å². The van der Waals surface area contributed by atoms with Crippen LogP contribution in [0.1, 0.15) is 5.56 Å². The molecule has 0 amide bonds. The average molecular weight is 277 g/mol. The van der Waals surface area contributed by atoms with Crippen LogP contribution in [0.4, 0.5) is 11.4 Å². The van der Waals surface area contributed by atoms with Crippen LogP contribution in [0.5, 0.6) is 0 Å². The molecule has 0 spiro atoms. The number of nitro benzene ring substituents is 1. The second-order valence-corrected chi connectivity index (χ2v) is 4.38. The van der Waals surface area contributed by atoms with Gasteiger partial charge < -0.3 is 4.90 Å². The van der Waals surface area contributed by atoms with Gasteiger partial charge in [-0.15, -0.1) is 23.2 Å². The molecule has 0 aliphatic heterocycles. The number of anilines is 1. The molecule has 0 fully saturated rings. The van der Waals surface area contributed by atoms with Crippen molar-refractivity contribution in [2.24, 2.45) is 0 Å². The standard InChI is InChI=1S/C11H14Cl2N2O2/c1-14(7-6-13)11-3-2-10(15(16)17)8-9(11)4-5-12/h2-3,8H,4-7H2,1H3. The monoisotopic (exact) mass is 276 g/mol. The lowest BCUT2D eigenvalue weighted by atomic mass is 10.1. The Morgan fingerprint density at radius 2 is 2.06 bits per heavy atom. The molecule has 0 heterocycles. The largest absolute Gasteiger partial charge is 0.373 e. The molecule has 0 aliphatic rings. The van der Waals surface area contributed by atoms with Crippen LogP contribution in [0.25, 0.3) is 0 Å². The SMILES string of the molecule is CN(CCCl)c1ccc([N+](=O)[O-])cc1CCCl. The van der Waals surface area contributed by atoms with Crippen LogP contribution in [-0.2, 0) is 6.42 Å². The Morgan fingerprint density at radius 3 is 2.59 bits per heavy atom. The maximum atomic E-state index is 10.7. The van der Waals surface area contributed by atoms with Gasteiger partial charge in [-0.2, -0.15) is 0 Å². The Balaban J connectivity index is 3.07. The zero-order valence-electron chi connectivity index (χ0n) is 9.53. The van der Waals surface area contributed by atoms with Gasteiger partial charge in [0.25, 0.3) is 5.69 Å². The van der Waals surface area contributed by atoms with Crippen LogP contribution in [0.3, 0.4) is 0 Å². The minimum atomic E-state index is -0.400. The molecular weight excluding hydrogens is 263 g/mol. The zero-order chi connectivity index (χ0) is 12.8. The predicted molar refractivity (Wildman–Crippen MR) is 71.5 cm³/mol. The summed E-state index contributed by atoms with van der Waals surface area (Å²) in [6, 6.07) is 4.81. The number of non-ortho nitro benzene ring substituents is 1. The lowest BCUT2D eigenvalue weighted by Crippen LogP contribution is -2.21. The molecule has 0 atom stereocenters. The van der Waals surface area contributed by atoms with Crippen molar-refractivity contribution in [1.29, 1.82) is 0 Å². The molecule has 0 bridgehead atoms. The number of aryl methyl sites for hydroxylation is 1. The summed E-state index contributed by atoms with van der Waals surface area (Å²) in [7, 11) is 1.90. The number of rotatable bonds is 6. The van der Waals surface area contributed by atoms with E-state index in [1.54, 1.807) is 12.1 Å². The van der Waals surface area contributed by atoms with E-state index in [0.717, 1.165) is 11.3 Å². The third-order valence-electron chi connectivity index (χ3n) is 2.47. The number of hydrogen-bond donors (Lipinski definition) is 0. The summed E-state index contributed by atoms with van der Waals surface area (Å²) in [6.07, 6.45) is 0.602. The first-order valence-electron chi connectivity index (χ1n) is 5.20. The second kappa shape index (κ2) is 6.67. The summed E-state index contributed by atoms with van der Waals surface area (Å²) >= 11 is 11.4. The highest BCUT2D eigenvalue weighted by Gasteiger charge is 2.12. The summed E-state index contributed by atoms with van der Waals surface area (Å²) in [5.74, 6) is 0.941. The second-order valence-electron chi connectivity index (χ2n) is 3.62. The molecule has 0 unspecified atom stereocenters. The van der Waals surface area contributed by atoms with Gasteiger partial charge in [-0.25, -0.2) is 0 Å². The van der Waals surface area contributed by atoms with Crippen molar-refractivity contribution in [1.82, 2.24) is 0 Å². The minimum Gasteiger partial charge on any atom is -0.373 e. The molecule has 0 saturated heterocycles. The quantitative estimate of drug-likeness (QED) is 0.456. The summed E-state index contributed by atoms with van der Waals surface area (Å²) in [5.41, 5.74) is 1.91. The van der Waals surface area contributed by atoms with Gasteiger partial charge in [-0.3, -0.25) is 10.1 Å². The van der Waals surface area contributed by atoms with Gasteiger partial charge in [-0.1, -0.05) is 0 Å². The summed E-state index contributed by atoms with van der Waals surface area (Å²) in [5, 5.41) is 10.7. The van der Waals surface area contributed by atoms with E-state index in [9.17, 15) is 10.1 Å². The minimum absolute atomic E-state index is 0.0909. The molecule has 0 saturated carbocycles. The van der Waals surface area contributed by atoms with Gasteiger partial charge in [0.15, 0.2) is 0 Å². The van der Waals surface area contributed by atoms with E-state index in [-0.39, 0.29) is 5.69 Å². The number of nitro groups is 1. The van der Waals surface area contributed by atoms with E-state index < -0.39 is 4.92 Å². The van der Waals surface area contributed by atoms with E-state index in [4.69, 9.17) is 23.2 Å². The fourth-order valence-corrected chi connectivity index (χ4v) is 2.06. The highest BCUT2D eigenvalue weighted by Crippen LogP contribution is 2.25. The van der Waals surface area contributed by atoms with Gasteiger partial charge >= 0.3 is 0 Å². The van der Waals surface area contributed by atoms with E-state index >= 15 is 0 Å². The lowest BCUT2D eigenvalue weighted by Gasteiger charge is -2.21. The van der Waals surface area contributed by atoms with Crippen LogP contribution in [0.2, 0.25) is 0 Å². The van der Waals surface area contributed by atoms with E-state index in [1.807, 2.05) is 11.9 Å². The molecule has 17 heavy (non-hydrogen) atoms. The van der Waals surface area contributed by atoms with Crippen LogP contribution in [0.15, 0.2) is 18.2 Å². The van der Waals surface area contributed by atoms with Crippen molar-refractivity contribution in [3.8, 4) is 0 Å². The van der Waals surface area contributed by atoms with Crippen molar-refractivity contribution in [3.05, 3.63) is 33.9 Å². The van der Waals surface area contributed by atoms with Crippen LogP contribution in [0, 0.1) is 10.1 Å². The number of benzene rings is 1. The van der Waals surface area contributed by atoms with Gasteiger partial charge in [0, 0.05) is 43.2 Å². The van der Waals surface area contributed by atoms with Crippen molar-refractivity contribution in [2.45, 2.75) is 6.42 Å². The Bertz CT molecular complexity index is 399. The fourth-order valence-electron chi connectivity index (χ4n) is 1.61. The van der Waals surface area contributed by atoms with Gasteiger partial charge in [0.05, 0.1) is 4.92 Å². The summed E-state index contributed by atoms with van der Waals surface area (Å²) in [4.78, 5) is 12.3. The van der Waals surface area contributed by atoms with Crippen LogP contribution in [-0.4, -0.2) is 30.3 Å². The molecular formula is C11H14Cl2N2O2. The molecule has 1 aromatic rings. The van der Waals surface area contributed by atoms with Crippen molar-refractivity contribution in [3.63, 3.8) is 0 Å². The molecule has 0 aromatic heterocycles. The topological polar surface area (TPSA) is 46.4 Å². The lowest BCUT2D eigenvalue weighted by molar-refractivity contribution is -0.384. The highest BCUT2D eigenvalue weighted by atomic mass is 35.5. The van der Waals surface area contributed by atoms with Gasteiger partial charge in [0.2, 0.25) is 0 Å². The normalized spacial score (nSPS) is 10.3. The molecule has 1 aromatic carbocycles. The van der Waals surface area contributed by atoms with Gasteiger partial charge in [0.1, 0.15) is 0 Å². The Labute approximate surface area is 110 Å². The summed E-state index contributed by atoms with van der Waals surface area (Å²) < 4.78 is 0. The zero-order valence-corrected chi connectivity index (χ0v) is 11.0. The van der Waals surface area contributed by atoms with Crippen molar-refractivity contribution in [2.75, 3.05) is 30.3 Å². The first-order chi connectivity index (χ1) is 8.10. The molecule has 6 heteroatoms. The molecule has 1 rings (SSSR count). The number of alkyl halides is 2. The smallest absolute Gasteiger partial charge is 0.269 e. The van der Waals surface area contributed by atoms with Crippen LogP contribution >= 0.6 is 23.2 Å². The van der Waals surface area contributed by atoms with Crippen molar-refractivity contribution < 1.29 is 4.92 Å². The van der Waals surface area contributed by atoms with E-state index in [2.05, 4.69) is 0 Å². The first kappa shape index (κ1) is 14.1. The van der Waals surface area contributed by atoms with Gasteiger partial charge in [-0.05, 0) is 18.1 Å². The Morgan fingerprint density at radius 1 is 1.35 bits per heavy atom. The third kappa shape index (κ3) is 3.75. The molecule has 4 nitrogen and oxygen atoms in total. The average Bonchev–Trinajstić information content (AvgIpc) is 2.29. The predicted octanol–water partition coefficient (Wildman–Crippen LogP) is 3.05. The van der Waals surface area contributed by atoms with Crippen LogP contribution < -0.4 is 4.90 Å². The number of hydrogen-bond acceptors (Lipinski definition) is 3. The van der Waals surface area contributed by atoms with Crippen molar-refractivity contribution >= 4 is 34.6 Å². The van der Waals surface area contributed by atoms with E-state index in [1.165, 1.54) is 6.07 Å². The Kier molecular flexibility index (Phi) is 5.51. The fraction of sp³-hybridized carbons (Fsp3) is 0.455. The molecule has 0 radical (unpaired) electrons. The maximum absolute atomic E-state index is 10.7. The Hall–Kier alpha value is -1.00.